The first-order chi connectivity index (χ1) is 10.2. The number of hydrogen-bond acceptors (Lipinski definition) is 2. The molecule has 1 atom stereocenters. The second-order valence-corrected chi connectivity index (χ2v) is 5.87. The van der Waals surface area contributed by atoms with Crippen LogP contribution in [0.2, 0.25) is 10.0 Å². The van der Waals surface area contributed by atoms with E-state index in [1.165, 1.54) is 0 Å². The summed E-state index contributed by atoms with van der Waals surface area (Å²) in [6.07, 6.45) is 2.73. The molecule has 1 aromatic heterocycles. The van der Waals surface area contributed by atoms with Gasteiger partial charge in [-0.1, -0.05) is 49.2 Å². The molecule has 0 saturated carbocycles. The van der Waals surface area contributed by atoms with Crippen LogP contribution in [0.15, 0.2) is 34.7 Å². The van der Waals surface area contributed by atoms with Gasteiger partial charge in [-0.3, -0.25) is 0 Å². The Morgan fingerprint density at radius 2 is 1.95 bits per heavy atom. The lowest BCUT2D eigenvalue weighted by Crippen LogP contribution is -2.23. The van der Waals surface area contributed by atoms with Crippen LogP contribution in [0.25, 0.3) is 0 Å². The second-order valence-electron chi connectivity index (χ2n) is 5.08. The van der Waals surface area contributed by atoms with Crippen LogP contribution in [0.1, 0.15) is 43.4 Å². The first kappa shape index (κ1) is 16.4. The molecule has 1 unspecified atom stereocenters. The molecule has 0 aliphatic carbocycles. The van der Waals surface area contributed by atoms with E-state index in [-0.39, 0.29) is 6.04 Å². The van der Waals surface area contributed by atoms with Crippen LogP contribution in [-0.4, -0.2) is 6.54 Å². The minimum absolute atomic E-state index is 0.112. The molecule has 1 N–H and O–H groups in total. The summed E-state index contributed by atoms with van der Waals surface area (Å²) in [6.45, 7) is 5.17. The molecule has 0 amide bonds. The molecule has 0 aliphatic rings. The summed E-state index contributed by atoms with van der Waals surface area (Å²) in [7, 11) is 0. The van der Waals surface area contributed by atoms with E-state index >= 15 is 0 Å². The van der Waals surface area contributed by atoms with Crippen LogP contribution in [0, 0.1) is 0 Å². The van der Waals surface area contributed by atoms with E-state index in [9.17, 15) is 0 Å². The third-order valence-electron chi connectivity index (χ3n) is 3.47. The normalized spacial score (nSPS) is 12.6. The minimum Gasteiger partial charge on any atom is -0.464 e. The Bertz CT molecular complexity index is 580. The smallest absolute Gasteiger partial charge is 0.121 e. The first-order valence-electron chi connectivity index (χ1n) is 7.40. The number of hydrogen-bond donors (Lipinski definition) is 1. The van der Waals surface area contributed by atoms with E-state index in [1.807, 2.05) is 30.3 Å². The molecule has 21 heavy (non-hydrogen) atoms. The molecule has 1 aromatic carbocycles. The zero-order chi connectivity index (χ0) is 15.2. The Morgan fingerprint density at radius 3 is 2.62 bits per heavy atom. The van der Waals surface area contributed by atoms with Crippen molar-refractivity contribution in [1.29, 1.82) is 0 Å². The number of furan rings is 1. The van der Waals surface area contributed by atoms with Gasteiger partial charge in [-0.2, -0.15) is 0 Å². The van der Waals surface area contributed by atoms with Crippen molar-refractivity contribution >= 4 is 23.2 Å². The fraction of sp³-hybridized carbons (Fsp3) is 0.412. The van der Waals surface area contributed by atoms with Gasteiger partial charge in [-0.15, -0.1) is 0 Å². The first-order valence-corrected chi connectivity index (χ1v) is 8.16. The van der Waals surface area contributed by atoms with Crippen LogP contribution in [0.4, 0.5) is 0 Å². The number of benzene rings is 1. The number of aryl methyl sites for hydroxylation is 1. The lowest BCUT2D eigenvalue weighted by molar-refractivity contribution is 0.392. The quantitative estimate of drug-likeness (QED) is 0.734. The molecule has 0 spiro atoms. The van der Waals surface area contributed by atoms with Gasteiger partial charge in [0.15, 0.2) is 0 Å². The topological polar surface area (TPSA) is 25.2 Å². The summed E-state index contributed by atoms with van der Waals surface area (Å²) in [6, 6.07) is 9.95. The van der Waals surface area contributed by atoms with E-state index < -0.39 is 0 Å². The molecular weight excluding hydrogens is 305 g/mol. The number of nitrogens with one attached hydrogen (secondary N) is 1. The maximum absolute atomic E-state index is 6.30. The summed E-state index contributed by atoms with van der Waals surface area (Å²) < 4.78 is 5.90. The Morgan fingerprint density at radius 1 is 1.14 bits per heavy atom. The Balaban J connectivity index is 2.21. The molecule has 0 bridgehead atoms. The number of halogens is 2. The van der Waals surface area contributed by atoms with Gasteiger partial charge in [0, 0.05) is 6.42 Å². The Hall–Kier alpha value is -0.960. The summed E-state index contributed by atoms with van der Waals surface area (Å²) in [4.78, 5) is 0. The van der Waals surface area contributed by atoms with E-state index in [4.69, 9.17) is 27.6 Å². The van der Waals surface area contributed by atoms with Gasteiger partial charge < -0.3 is 9.73 Å². The van der Waals surface area contributed by atoms with Crippen LogP contribution < -0.4 is 5.32 Å². The Kier molecular flexibility index (Phi) is 6.16. The highest BCUT2D eigenvalue weighted by Gasteiger charge is 2.17. The lowest BCUT2D eigenvalue weighted by Gasteiger charge is -2.17. The van der Waals surface area contributed by atoms with Gasteiger partial charge in [-0.25, -0.2) is 0 Å². The van der Waals surface area contributed by atoms with Crippen LogP contribution in [-0.2, 0) is 12.8 Å². The summed E-state index contributed by atoms with van der Waals surface area (Å²) in [5.41, 5.74) is 1.03. The zero-order valence-electron chi connectivity index (χ0n) is 12.5. The van der Waals surface area contributed by atoms with Gasteiger partial charge in [0.05, 0.1) is 16.1 Å². The maximum atomic E-state index is 6.30. The highest BCUT2D eigenvalue weighted by atomic mass is 35.5. The molecule has 114 valence electrons. The fourth-order valence-electron chi connectivity index (χ4n) is 2.29. The summed E-state index contributed by atoms with van der Waals surface area (Å²) in [5.74, 6) is 1.96. The largest absolute Gasteiger partial charge is 0.464 e. The van der Waals surface area contributed by atoms with Crippen molar-refractivity contribution in [1.82, 2.24) is 5.32 Å². The Labute approximate surface area is 136 Å². The van der Waals surface area contributed by atoms with Crippen LogP contribution >= 0.6 is 23.2 Å². The standard InChI is InChI=1S/C17H21Cl2NO/c1-3-10-20-15(16-9-8-13(4-2)21-16)11-12-6-5-7-14(18)17(12)19/h5-9,15,20H,3-4,10-11H2,1-2H3. The van der Waals surface area contributed by atoms with E-state index in [0.29, 0.717) is 10.0 Å². The van der Waals surface area contributed by atoms with Crippen molar-refractivity contribution in [2.45, 2.75) is 39.2 Å². The molecule has 4 heteroatoms. The summed E-state index contributed by atoms with van der Waals surface area (Å²) >= 11 is 12.4. The van der Waals surface area contributed by atoms with Crippen molar-refractivity contribution in [3.8, 4) is 0 Å². The van der Waals surface area contributed by atoms with Crippen LogP contribution in [0.5, 0.6) is 0 Å². The lowest BCUT2D eigenvalue weighted by atomic mass is 10.0. The van der Waals surface area contributed by atoms with Gasteiger partial charge in [-0.05, 0) is 43.1 Å². The average Bonchev–Trinajstić information content (AvgIpc) is 2.96. The van der Waals surface area contributed by atoms with Crippen molar-refractivity contribution in [3.63, 3.8) is 0 Å². The third-order valence-corrected chi connectivity index (χ3v) is 4.33. The number of rotatable bonds is 7. The van der Waals surface area contributed by atoms with E-state index in [1.54, 1.807) is 0 Å². The molecular formula is C17H21Cl2NO. The zero-order valence-corrected chi connectivity index (χ0v) is 14.0. The van der Waals surface area contributed by atoms with Gasteiger partial charge in [0.2, 0.25) is 0 Å². The molecule has 0 aliphatic heterocycles. The predicted octanol–water partition coefficient (Wildman–Crippen LogP) is 5.43. The van der Waals surface area contributed by atoms with Crippen molar-refractivity contribution in [2.75, 3.05) is 6.54 Å². The molecule has 0 saturated heterocycles. The fourth-order valence-corrected chi connectivity index (χ4v) is 2.69. The monoisotopic (exact) mass is 325 g/mol. The van der Waals surface area contributed by atoms with E-state index in [0.717, 1.165) is 42.9 Å². The molecule has 2 rings (SSSR count). The summed E-state index contributed by atoms with van der Waals surface area (Å²) in [5, 5.41) is 4.75. The molecule has 1 heterocycles. The van der Waals surface area contributed by atoms with Crippen molar-refractivity contribution in [3.05, 3.63) is 57.5 Å². The molecule has 2 nitrogen and oxygen atoms in total. The van der Waals surface area contributed by atoms with Crippen molar-refractivity contribution in [2.24, 2.45) is 0 Å². The van der Waals surface area contributed by atoms with Gasteiger partial charge in [0.25, 0.3) is 0 Å². The van der Waals surface area contributed by atoms with Gasteiger partial charge in [0.1, 0.15) is 11.5 Å². The highest BCUT2D eigenvalue weighted by molar-refractivity contribution is 6.42. The van der Waals surface area contributed by atoms with Crippen molar-refractivity contribution < 1.29 is 4.42 Å². The average molecular weight is 326 g/mol. The van der Waals surface area contributed by atoms with Gasteiger partial charge >= 0.3 is 0 Å². The molecule has 2 aromatic rings. The predicted molar refractivity (Wildman–Crippen MR) is 89.3 cm³/mol. The molecule has 0 radical (unpaired) electrons. The second kappa shape index (κ2) is 7.88. The van der Waals surface area contributed by atoms with E-state index in [2.05, 4.69) is 19.2 Å². The maximum Gasteiger partial charge on any atom is 0.121 e. The minimum atomic E-state index is 0.112. The SMILES string of the molecule is CCCNC(Cc1cccc(Cl)c1Cl)c1ccc(CC)o1. The highest BCUT2D eigenvalue weighted by Crippen LogP contribution is 2.30. The van der Waals surface area contributed by atoms with Crippen LogP contribution in [0.3, 0.4) is 0 Å². The third kappa shape index (κ3) is 4.26. The molecule has 0 fully saturated rings.